The lowest BCUT2D eigenvalue weighted by Crippen LogP contribution is -2.24. The van der Waals surface area contributed by atoms with Crippen molar-refractivity contribution < 1.29 is 4.79 Å². The van der Waals surface area contributed by atoms with E-state index in [0.717, 1.165) is 13.0 Å². The van der Waals surface area contributed by atoms with E-state index in [9.17, 15) is 4.79 Å². The number of thiophene rings is 1. The Kier molecular flexibility index (Phi) is 6.24. The van der Waals surface area contributed by atoms with Gasteiger partial charge in [0.2, 0.25) is 0 Å². The van der Waals surface area contributed by atoms with E-state index in [1.807, 2.05) is 7.05 Å². The molecule has 1 aromatic carbocycles. The molecule has 112 valence electrons. The molecule has 2 nitrogen and oxygen atoms in total. The quantitative estimate of drug-likeness (QED) is 0.674. The number of nitrogens with zero attached hydrogens (tertiary/aromatic N) is 1. The number of carbonyl (C=O) groups is 1. The van der Waals surface area contributed by atoms with Crippen molar-refractivity contribution in [3.05, 3.63) is 56.2 Å². The lowest BCUT2D eigenvalue weighted by molar-refractivity contribution is 0.0969. The van der Waals surface area contributed by atoms with E-state index in [4.69, 9.17) is 23.2 Å². The molecule has 5 heteroatoms. The van der Waals surface area contributed by atoms with Crippen LogP contribution in [0.25, 0.3) is 0 Å². The molecule has 0 spiro atoms. The number of ketones is 1. The summed E-state index contributed by atoms with van der Waals surface area (Å²) in [6, 6.07) is 9.36. The summed E-state index contributed by atoms with van der Waals surface area (Å²) in [5, 5.41) is 2.86. The lowest BCUT2D eigenvalue weighted by atomic mass is 10.1. The van der Waals surface area contributed by atoms with Crippen molar-refractivity contribution in [2.24, 2.45) is 0 Å². The number of likely N-dealkylation sites (N-methyl/N-ethyl adjacent to an activating group) is 1. The highest BCUT2D eigenvalue weighted by Gasteiger charge is 2.13. The summed E-state index contributed by atoms with van der Waals surface area (Å²) in [6.07, 6.45) is 1.46. The van der Waals surface area contributed by atoms with Gasteiger partial charge in [-0.2, -0.15) is 0 Å². The van der Waals surface area contributed by atoms with Gasteiger partial charge >= 0.3 is 0 Å². The van der Waals surface area contributed by atoms with Crippen LogP contribution in [0.5, 0.6) is 0 Å². The standard InChI is InChI=1S/C16H17Cl2NOS/c1-19(9-7-12-4-3-11-21-12)10-8-15(20)13-5-2-6-14(17)16(13)18/h2-6,11H,7-10H2,1H3. The minimum absolute atomic E-state index is 0.0328. The molecular weight excluding hydrogens is 325 g/mol. The highest BCUT2D eigenvalue weighted by atomic mass is 35.5. The minimum Gasteiger partial charge on any atom is -0.306 e. The molecule has 1 heterocycles. The molecule has 21 heavy (non-hydrogen) atoms. The van der Waals surface area contributed by atoms with E-state index >= 15 is 0 Å². The first-order valence-corrected chi connectivity index (χ1v) is 8.39. The first-order valence-electron chi connectivity index (χ1n) is 6.76. The van der Waals surface area contributed by atoms with Crippen LogP contribution >= 0.6 is 34.5 Å². The molecule has 0 radical (unpaired) electrons. The molecule has 0 aliphatic carbocycles. The van der Waals surface area contributed by atoms with Gasteiger partial charge in [-0.15, -0.1) is 11.3 Å². The smallest absolute Gasteiger partial charge is 0.165 e. The largest absolute Gasteiger partial charge is 0.306 e. The summed E-state index contributed by atoms with van der Waals surface area (Å²) >= 11 is 13.8. The molecule has 0 amide bonds. The fourth-order valence-corrected chi connectivity index (χ4v) is 3.12. The van der Waals surface area contributed by atoms with E-state index in [1.54, 1.807) is 29.5 Å². The van der Waals surface area contributed by atoms with Crippen LogP contribution in [0.2, 0.25) is 10.0 Å². The lowest BCUT2D eigenvalue weighted by Gasteiger charge is -2.15. The van der Waals surface area contributed by atoms with Crippen molar-refractivity contribution in [1.82, 2.24) is 4.90 Å². The van der Waals surface area contributed by atoms with Crippen molar-refractivity contribution in [1.29, 1.82) is 0 Å². The molecule has 0 aliphatic rings. The number of hydrogen-bond donors (Lipinski definition) is 0. The summed E-state index contributed by atoms with van der Waals surface area (Å²) in [5.41, 5.74) is 0.510. The van der Waals surface area contributed by atoms with Crippen LogP contribution in [0.15, 0.2) is 35.7 Å². The number of hydrogen-bond acceptors (Lipinski definition) is 3. The van der Waals surface area contributed by atoms with Crippen molar-refractivity contribution in [2.75, 3.05) is 20.1 Å². The first-order chi connectivity index (χ1) is 10.1. The minimum atomic E-state index is 0.0328. The van der Waals surface area contributed by atoms with Crippen LogP contribution in [0.4, 0.5) is 0 Å². The Bertz CT molecular complexity index is 598. The number of benzene rings is 1. The molecule has 0 saturated carbocycles. The summed E-state index contributed by atoms with van der Waals surface area (Å²) in [6.45, 7) is 1.66. The van der Waals surface area contributed by atoms with Gasteiger partial charge in [0.15, 0.2) is 5.78 Å². The predicted molar refractivity (Wildman–Crippen MR) is 90.9 cm³/mol. The molecule has 2 rings (SSSR count). The predicted octanol–water partition coefficient (Wildman–Crippen LogP) is 4.80. The Labute approximate surface area is 139 Å². The van der Waals surface area contributed by atoms with Crippen LogP contribution < -0.4 is 0 Å². The molecule has 0 atom stereocenters. The van der Waals surface area contributed by atoms with Gasteiger partial charge in [0.25, 0.3) is 0 Å². The molecule has 0 unspecified atom stereocenters. The van der Waals surface area contributed by atoms with Gasteiger partial charge in [-0.05, 0) is 37.0 Å². The summed E-state index contributed by atoms with van der Waals surface area (Å²) in [5.74, 6) is 0.0328. The van der Waals surface area contributed by atoms with Gasteiger partial charge in [0.1, 0.15) is 0 Å². The average molecular weight is 342 g/mol. The van der Waals surface area contributed by atoms with E-state index in [0.29, 0.717) is 28.6 Å². The molecular formula is C16H17Cl2NOS. The Balaban J connectivity index is 1.82. The third-order valence-corrected chi connectivity index (χ3v) is 5.05. The van der Waals surface area contributed by atoms with Crippen molar-refractivity contribution >= 4 is 40.3 Å². The van der Waals surface area contributed by atoms with Crippen LogP contribution in [-0.4, -0.2) is 30.8 Å². The Morgan fingerprint density at radius 3 is 2.71 bits per heavy atom. The third kappa shape index (κ3) is 4.82. The molecule has 0 saturated heterocycles. The van der Waals surface area contributed by atoms with Crippen LogP contribution in [0.1, 0.15) is 21.7 Å². The van der Waals surface area contributed by atoms with Crippen molar-refractivity contribution in [2.45, 2.75) is 12.8 Å². The van der Waals surface area contributed by atoms with Crippen molar-refractivity contribution in [3.63, 3.8) is 0 Å². The van der Waals surface area contributed by atoms with Crippen LogP contribution in [0.3, 0.4) is 0 Å². The number of halogens is 2. The zero-order valence-electron chi connectivity index (χ0n) is 11.8. The van der Waals surface area contributed by atoms with Crippen LogP contribution in [-0.2, 0) is 6.42 Å². The maximum absolute atomic E-state index is 12.2. The number of carbonyl (C=O) groups excluding carboxylic acids is 1. The van der Waals surface area contributed by atoms with E-state index in [1.165, 1.54) is 4.88 Å². The monoisotopic (exact) mass is 341 g/mol. The zero-order chi connectivity index (χ0) is 15.2. The topological polar surface area (TPSA) is 20.3 Å². The summed E-state index contributed by atoms with van der Waals surface area (Å²) < 4.78 is 0. The van der Waals surface area contributed by atoms with E-state index in [2.05, 4.69) is 22.4 Å². The first kappa shape index (κ1) is 16.5. The van der Waals surface area contributed by atoms with E-state index in [-0.39, 0.29) is 5.78 Å². The highest BCUT2D eigenvalue weighted by Crippen LogP contribution is 2.26. The van der Waals surface area contributed by atoms with Gasteiger partial charge in [-0.3, -0.25) is 4.79 Å². The Morgan fingerprint density at radius 1 is 1.19 bits per heavy atom. The fourth-order valence-electron chi connectivity index (χ4n) is 2.01. The fraction of sp³-hybridized carbons (Fsp3) is 0.312. The molecule has 0 bridgehead atoms. The second-order valence-electron chi connectivity index (χ2n) is 4.91. The maximum atomic E-state index is 12.2. The third-order valence-electron chi connectivity index (χ3n) is 3.29. The van der Waals surface area contributed by atoms with Gasteiger partial charge < -0.3 is 4.90 Å². The molecule has 0 N–H and O–H groups in total. The normalized spacial score (nSPS) is 11.0. The molecule has 0 aliphatic heterocycles. The molecule has 2 aromatic rings. The second kappa shape index (κ2) is 7.95. The Hall–Kier alpha value is -0.870. The van der Waals surface area contributed by atoms with Gasteiger partial charge in [0.05, 0.1) is 10.0 Å². The summed E-state index contributed by atoms with van der Waals surface area (Å²) in [7, 11) is 2.03. The number of rotatable bonds is 7. The maximum Gasteiger partial charge on any atom is 0.165 e. The SMILES string of the molecule is CN(CCC(=O)c1cccc(Cl)c1Cl)CCc1cccs1. The Morgan fingerprint density at radius 2 is 2.00 bits per heavy atom. The zero-order valence-corrected chi connectivity index (χ0v) is 14.1. The summed E-state index contributed by atoms with van der Waals surface area (Å²) in [4.78, 5) is 15.7. The average Bonchev–Trinajstić information content (AvgIpc) is 2.99. The number of Topliss-reactive ketones (excluding diaryl/α,β-unsaturated/α-hetero) is 1. The second-order valence-corrected chi connectivity index (χ2v) is 6.72. The van der Waals surface area contributed by atoms with Gasteiger partial charge in [-0.25, -0.2) is 0 Å². The van der Waals surface area contributed by atoms with Gasteiger partial charge in [0, 0.05) is 30.0 Å². The van der Waals surface area contributed by atoms with Crippen LogP contribution in [0, 0.1) is 0 Å². The van der Waals surface area contributed by atoms with Crippen molar-refractivity contribution in [3.8, 4) is 0 Å². The molecule has 0 fully saturated rings. The van der Waals surface area contributed by atoms with Gasteiger partial charge in [-0.1, -0.05) is 35.3 Å². The molecule has 1 aromatic heterocycles. The van der Waals surface area contributed by atoms with E-state index < -0.39 is 0 Å². The highest BCUT2D eigenvalue weighted by molar-refractivity contribution is 7.09.